The number of benzene rings is 2. The van der Waals surface area contributed by atoms with E-state index in [0.29, 0.717) is 16.8 Å². The maximum atomic E-state index is 13.5. The minimum absolute atomic E-state index is 0.0596. The van der Waals surface area contributed by atoms with E-state index in [-0.39, 0.29) is 6.61 Å². The van der Waals surface area contributed by atoms with Crippen molar-refractivity contribution in [1.82, 2.24) is 5.32 Å². The number of alkyl carbamates (subject to hydrolysis) is 1. The van der Waals surface area contributed by atoms with Crippen LogP contribution in [0.3, 0.4) is 0 Å². The molecular formula is C20H20FN3O5. The Morgan fingerprint density at radius 1 is 1.28 bits per heavy atom. The van der Waals surface area contributed by atoms with Crippen LogP contribution >= 0.6 is 0 Å². The number of nitrogens with zero attached hydrogens (tertiary/aromatic N) is 2. The molecule has 0 spiro atoms. The van der Waals surface area contributed by atoms with E-state index in [2.05, 4.69) is 5.32 Å². The van der Waals surface area contributed by atoms with Gasteiger partial charge in [0.1, 0.15) is 5.82 Å². The predicted octanol–water partition coefficient (Wildman–Crippen LogP) is 2.80. The summed E-state index contributed by atoms with van der Waals surface area (Å²) in [4.78, 5) is 38.2. The van der Waals surface area contributed by atoms with Crippen molar-refractivity contribution in [3.63, 3.8) is 0 Å². The van der Waals surface area contributed by atoms with Crippen molar-refractivity contribution >= 4 is 17.7 Å². The maximum Gasteiger partial charge on any atom is 0.408 e. The lowest BCUT2D eigenvalue weighted by atomic mass is 9.75. The second kappa shape index (κ2) is 7.86. The van der Waals surface area contributed by atoms with Crippen molar-refractivity contribution < 1.29 is 23.6 Å². The van der Waals surface area contributed by atoms with Crippen LogP contribution in [0.1, 0.15) is 24.0 Å². The summed E-state index contributed by atoms with van der Waals surface area (Å²) >= 11 is 0. The molecule has 1 aliphatic rings. The summed E-state index contributed by atoms with van der Waals surface area (Å²) in [5, 5.41) is 14.1. The number of hydrogen-bond acceptors (Lipinski definition) is 5. The SMILES string of the molecule is CCOC(=O)NC1(C(C[N+](=O)[O-])c2ccc(F)cc2)C(=O)N(C)c2ccccc21. The van der Waals surface area contributed by atoms with Crippen molar-refractivity contribution in [2.45, 2.75) is 18.4 Å². The van der Waals surface area contributed by atoms with Crippen LogP contribution in [0.2, 0.25) is 0 Å². The number of para-hydroxylation sites is 1. The number of halogens is 1. The molecule has 0 aliphatic carbocycles. The summed E-state index contributed by atoms with van der Waals surface area (Å²) in [6.07, 6.45) is -0.874. The highest BCUT2D eigenvalue weighted by Gasteiger charge is 2.58. The lowest BCUT2D eigenvalue weighted by molar-refractivity contribution is -0.485. The fourth-order valence-electron chi connectivity index (χ4n) is 3.80. The lowest BCUT2D eigenvalue weighted by Crippen LogP contribution is -2.57. The highest BCUT2D eigenvalue weighted by molar-refractivity contribution is 6.09. The summed E-state index contributed by atoms with van der Waals surface area (Å²) in [6, 6.07) is 11.8. The van der Waals surface area contributed by atoms with E-state index in [1.807, 2.05) is 0 Å². The van der Waals surface area contributed by atoms with Gasteiger partial charge >= 0.3 is 6.09 Å². The lowest BCUT2D eigenvalue weighted by Gasteiger charge is -2.35. The van der Waals surface area contributed by atoms with Crippen molar-refractivity contribution in [3.8, 4) is 0 Å². The van der Waals surface area contributed by atoms with Crippen molar-refractivity contribution in [2.75, 3.05) is 25.1 Å². The summed E-state index contributed by atoms with van der Waals surface area (Å²) in [7, 11) is 1.53. The highest BCUT2D eigenvalue weighted by Crippen LogP contribution is 2.48. The zero-order valence-electron chi connectivity index (χ0n) is 15.9. The topological polar surface area (TPSA) is 102 Å². The number of ether oxygens (including phenoxy) is 1. The Morgan fingerprint density at radius 3 is 2.55 bits per heavy atom. The first kappa shape index (κ1) is 20.2. The Kier molecular flexibility index (Phi) is 5.49. The quantitative estimate of drug-likeness (QED) is 0.592. The second-order valence-corrected chi connectivity index (χ2v) is 6.65. The largest absolute Gasteiger partial charge is 0.450 e. The molecule has 1 aliphatic heterocycles. The monoisotopic (exact) mass is 401 g/mol. The average Bonchev–Trinajstić information content (AvgIpc) is 2.90. The van der Waals surface area contributed by atoms with E-state index in [4.69, 9.17) is 4.74 Å². The van der Waals surface area contributed by atoms with Crippen LogP contribution in [0, 0.1) is 15.9 Å². The van der Waals surface area contributed by atoms with Gasteiger partial charge in [-0.2, -0.15) is 0 Å². The van der Waals surface area contributed by atoms with Gasteiger partial charge in [-0.05, 0) is 30.7 Å². The van der Waals surface area contributed by atoms with Gasteiger partial charge < -0.3 is 15.0 Å². The fraction of sp³-hybridized carbons (Fsp3) is 0.300. The molecule has 152 valence electrons. The number of nitrogens with one attached hydrogen (secondary N) is 1. The van der Waals surface area contributed by atoms with Crippen LogP contribution < -0.4 is 10.2 Å². The Morgan fingerprint density at radius 2 is 1.93 bits per heavy atom. The molecule has 2 aromatic carbocycles. The Hall–Kier alpha value is -3.49. The third-order valence-electron chi connectivity index (χ3n) is 5.03. The van der Waals surface area contributed by atoms with Crippen LogP contribution in [0.25, 0.3) is 0 Å². The third-order valence-corrected chi connectivity index (χ3v) is 5.03. The number of fused-ring (bicyclic) bond motifs is 1. The maximum absolute atomic E-state index is 13.5. The third kappa shape index (κ3) is 3.51. The van der Waals surface area contributed by atoms with E-state index in [1.165, 1.54) is 24.1 Å². The van der Waals surface area contributed by atoms with Gasteiger partial charge in [-0.25, -0.2) is 9.18 Å². The van der Waals surface area contributed by atoms with Crippen LogP contribution in [0.15, 0.2) is 48.5 Å². The molecule has 2 amide bonds. The molecule has 2 atom stereocenters. The van der Waals surface area contributed by atoms with Gasteiger partial charge in [0.25, 0.3) is 5.91 Å². The number of amides is 2. The standard InChI is InChI=1S/C20H20FN3O5/c1-3-29-19(26)22-20(15-6-4-5-7-17(15)23(2)18(20)25)16(12-24(27)28)13-8-10-14(21)11-9-13/h4-11,16H,3,12H2,1-2H3,(H,22,26). The Bertz CT molecular complexity index is 949. The number of carbonyl (C=O) groups excluding carboxylic acids is 2. The van der Waals surface area contributed by atoms with Crippen LogP contribution in [-0.4, -0.2) is 37.1 Å². The number of rotatable bonds is 6. The molecule has 0 radical (unpaired) electrons. The molecule has 3 rings (SSSR count). The molecule has 2 aromatic rings. The summed E-state index contributed by atoms with van der Waals surface area (Å²) in [6.45, 7) is 1.01. The molecule has 1 heterocycles. The molecule has 0 fully saturated rings. The molecule has 0 bridgehead atoms. The number of hydrogen-bond donors (Lipinski definition) is 1. The van der Waals surface area contributed by atoms with Crippen molar-refractivity contribution in [2.24, 2.45) is 0 Å². The summed E-state index contributed by atoms with van der Waals surface area (Å²) in [5.41, 5.74) is -0.498. The van der Waals surface area contributed by atoms with Gasteiger partial charge in [0, 0.05) is 23.2 Å². The van der Waals surface area contributed by atoms with E-state index in [9.17, 15) is 24.1 Å². The molecule has 1 N–H and O–H groups in total. The van der Waals surface area contributed by atoms with E-state index in [0.717, 1.165) is 12.1 Å². The van der Waals surface area contributed by atoms with E-state index < -0.39 is 40.7 Å². The van der Waals surface area contributed by atoms with Gasteiger partial charge in [0.2, 0.25) is 6.54 Å². The van der Waals surface area contributed by atoms with Crippen LogP contribution in [-0.2, 0) is 15.1 Å². The number of nitro groups is 1. The molecule has 0 aromatic heterocycles. The predicted molar refractivity (Wildman–Crippen MR) is 103 cm³/mol. The van der Waals surface area contributed by atoms with Crippen molar-refractivity contribution in [3.05, 3.63) is 75.6 Å². The number of anilines is 1. The van der Waals surface area contributed by atoms with Crippen LogP contribution in [0.5, 0.6) is 0 Å². The minimum Gasteiger partial charge on any atom is -0.450 e. The van der Waals surface area contributed by atoms with E-state index in [1.54, 1.807) is 31.2 Å². The second-order valence-electron chi connectivity index (χ2n) is 6.65. The zero-order chi connectivity index (χ0) is 21.2. The molecular weight excluding hydrogens is 381 g/mol. The molecule has 0 saturated carbocycles. The van der Waals surface area contributed by atoms with E-state index >= 15 is 0 Å². The van der Waals surface area contributed by atoms with Gasteiger partial charge in [0.05, 0.1) is 12.5 Å². The highest BCUT2D eigenvalue weighted by atomic mass is 19.1. The first-order valence-corrected chi connectivity index (χ1v) is 9.01. The first-order valence-electron chi connectivity index (χ1n) is 9.01. The molecule has 8 nitrogen and oxygen atoms in total. The van der Waals surface area contributed by atoms with Gasteiger partial charge in [0.15, 0.2) is 5.54 Å². The Labute approximate surface area is 166 Å². The molecule has 2 unspecified atom stereocenters. The molecule has 0 saturated heterocycles. The smallest absolute Gasteiger partial charge is 0.408 e. The summed E-state index contributed by atoms with van der Waals surface area (Å²) in [5.74, 6) is -2.15. The number of likely N-dealkylation sites (N-methyl/N-ethyl adjacent to an activating group) is 1. The van der Waals surface area contributed by atoms with Gasteiger partial charge in [-0.1, -0.05) is 30.3 Å². The summed E-state index contributed by atoms with van der Waals surface area (Å²) < 4.78 is 18.5. The first-order chi connectivity index (χ1) is 13.8. The Balaban J connectivity index is 2.25. The molecule has 29 heavy (non-hydrogen) atoms. The molecule has 9 heteroatoms. The number of carbonyl (C=O) groups is 2. The average molecular weight is 401 g/mol. The van der Waals surface area contributed by atoms with Crippen molar-refractivity contribution in [1.29, 1.82) is 0 Å². The van der Waals surface area contributed by atoms with Crippen LogP contribution in [0.4, 0.5) is 14.9 Å². The normalized spacial score (nSPS) is 18.9. The minimum atomic E-state index is -1.78. The van der Waals surface area contributed by atoms with Gasteiger partial charge in [-0.3, -0.25) is 14.9 Å². The fourth-order valence-corrected chi connectivity index (χ4v) is 3.80. The zero-order valence-corrected chi connectivity index (χ0v) is 15.9. The van der Waals surface area contributed by atoms with Gasteiger partial charge in [-0.15, -0.1) is 0 Å².